The molecular formula is C26H34N6O2. The fourth-order valence-electron chi connectivity index (χ4n) is 5.07. The van der Waals surface area contributed by atoms with Gasteiger partial charge in [0.1, 0.15) is 5.52 Å². The lowest BCUT2D eigenvalue weighted by atomic mass is 9.95. The molecule has 0 radical (unpaired) electrons. The van der Waals surface area contributed by atoms with Crippen molar-refractivity contribution in [2.45, 2.75) is 39.8 Å². The number of aromatic nitrogens is 3. The van der Waals surface area contributed by atoms with Gasteiger partial charge in [-0.25, -0.2) is 4.98 Å². The number of piperidine rings is 1. The van der Waals surface area contributed by atoms with Gasteiger partial charge in [0.2, 0.25) is 5.91 Å². The second-order valence-corrected chi connectivity index (χ2v) is 9.18. The number of ether oxygens (including phenoxy) is 1. The van der Waals surface area contributed by atoms with E-state index in [-0.39, 0.29) is 11.8 Å². The van der Waals surface area contributed by atoms with E-state index in [1.165, 1.54) is 5.69 Å². The number of rotatable bonds is 6. The summed E-state index contributed by atoms with van der Waals surface area (Å²) in [4.78, 5) is 22.2. The molecule has 34 heavy (non-hydrogen) atoms. The molecule has 2 aliphatic rings. The number of morpholine rings is 1. The van der Waals surface area contributed by atoms with Crippen LogP contribution in [0.1, 0.15) is 31.0 Å². The van der Waals surface area contributed by atoms with E-state index in [2.05, 4.69) is 51.4 Å². The van der Waals surface area contributed by atoms with Crippen LogP contribution in [0.15, 0.2) is 36.5 Å². The second kappa shape index (κ2) is 10.0. The van der Waals surface area contributed by atoms with Gasteiger partial charge in [0.15, 0.2) is 5.82 Å². The summed E-state index contributed by atoms with van der Waals surface area (Å²) < 4.78 is 7.47. The van der Waals surface area contributed by atoms with Crippen LogP contribution in [0.2, 0.25) is 0 Å². The molecule has 0 atom stereocenters. The second-order valence-electron chi connectivity index (χ2n) is 9.18. The van der Waals surface area contributed by atoms with Crippen molar-refractivity contribution in [2.24, 2.45) is 5.92 Å². The minimum atomic E-state index is 0.0425. The maximum absolute atomic E-state index is 12.9. The molecule has 1 amide bonds. The first kappa shape index (κ1) is 22.7. The zero-order valence-electron chi connectivity index (χ0n) is 20.2. The molecule has 4 heterocycles. The van der Waals surface area contributed by atoms with Gasteiger partial charge in [-0.05, 0) is 50.5 Å². The molecule has 2 aliphatic heterocycles. The highest BCUT2D eigenvalue weighted by Crippen LogP contribution is 2.30. The molecule has 2 fully saturated rings. The third-order valence-electron chi connectivity index (χ3n) is 7.07. The van der Waals surface area contributed by atoms with E-state index >= 15 is 0 Å². The Bertz CT molecular complexity index is 1130. The number of fused-ring (bicyclic) bond motifs is 1. The molecule has 2 aromatic heterocycles. The largest absolute Gasteiger partial charge is 0.378 e. The van der Waals surface area contributed by atoms with Gasteiger partial charge in [0, 0.05) is 62.5 Å². The molecule has 0 bridgehead atoms. The van der Waals surface area contributed by atoms with Crippen LogP contribution in [0.5, 0.6) is 0 Å². The molecule has 8 heteroatoms. The predicted molar refractivity (Wildman–Crippen MR) is 134 cm³/mol. The number of pyridine rings is 1. The van der Waals surface area contributed by atoms with Gasteiger partial charge in [-0.15, -0.1) is 0 Å². The van der Waals surface area contributed by atoms with Gasteiger partial charge in [-0.3, -0.25) is 9.48 Å². The molecule has 2 saturated heterocycles. The van der Waals surface area contributed by atoms with E-state index in [4.69, 9.17) is 9.72 Å². The molecule has 3 aromatic rings. The summed E-state index contributed by atoms with van der Waals surface area (Å²) in [7, 11) is 0. The number of amides is 1. The number of nitrogens with one attached hydrogen (secondary N) is 1. The monoisotopic (exact) mass is 462 g/mol. The topological polar surface area (TPSA) is 75.5 Å². The predicted octanol–water partition coefficient (Wildman–Crippen LogP) is 3.13. The summed E-state index contributed by atoms with van der Waals surface area (Å²) in [6.07, 6.45) is 3.54. The summed E-state index contributed by atoms with van der Waals surface area (Å²) in [6.45, 7) is 10.6. The molecule has 1 aromatic carbocycles. The quantitative estimate of drug-likeness (QED) is 0.607. The Hall–Kier alpha value is -3.13. The maximum atomic E-state index is 12.9. The van der Waals surface area contributed by atoms with Gasteiger partial charge >= 0.3 is 0 Å². The van der Waals surface area contributed by atoms with Gasteiger partial charge in [-0.2, -0.15) is 5.10 Å². The van der Waals surface area contributed by atoms with Crippen molar-refractivity contribution >= 4 is 28.3 Å². The molecule has 1 N–H and O–H groups in total. The summed E-state index contributed by atoms with van der Waals surface area (Å²) in [6, 6.07) is 10.5. The standard InChI is InChI=1S/C26H34N6O2/c1-3-32-24-23(19(2)29-32)8-11-27-25(24)31-12-9-21(10-13-31)26(33)28-18-20-4-6-22(7-5-20)30-14-16-34-17-15-30/h4-8,11,21H,3,9-10,12-18H2,1-2H3,(H,28,33). The maximum Gasteiger partial charge on any atom is 0.223 e. The Morgan fingerprint density at radius 3 is 2.50 bits per heavy atom. The molecule has 8 nitrogen and oxygen atoms in total. The van der Waals surface area contributed by atoms with Crippen molar-refractivity contribution in [3.63, 3.8) is 0 Å². The van der Waals surface area contributed by atoms with E-state index in [1.807, 2.05) is 23.9 Å². The van der Waals surface area contributed by atoms with Crippen LogP contribution >= 0.6 is 0 Å². The SMILES string of the molecule is CCn1nc(C)c2ccnc(N3CCC(C(=O)NCc4ccc(N5CCOCC5)cc4)CC3)c21. The molecule has 0 unspecified atom stereocenters. The van der Waals surface area contributed by atoms with Crippen molar-refractivity contribution in [1.29, 1.82) is 0 Å². The smallest absolute Gasteiger partial charge is 0.223 e. The highest BCUT2D eigenvalue weighted by atomic mass is 16.5. The Labute approximate surface area is 200 Å². The van der Waals surface area contributed by atoms with E-state index in [9.17, 15) is 4.79 Å². The number of anilines is 2. The average molecular weight is 463 g/mol. The lowest BCUT2D eigenvalue weighted by molar-refractivity contribution is -0.125. The summed E-state index contributed by atoms with van der Waals surface area (Å²) in [5, 5.41) is 8.98. The zero-order chi connectivity index (χ0) is 23.5. The van der Waals surface area contributed by atoms with Crippen LogP contribution in [0, 0.1) is 12.8 Å². The highest BCUT2D eigenvalue weighted by Gasteiger charge is 2.27. The molecule has 0 saturated carbocycles. The van der Waals surface area contributed by atoms with Crippen molar-refractivity contribution < 1.29 is 9.53 Å². The summed E-state index contributed by atoms with van der Waals surface area (Å²) in [5.74, 6) is 1.18. The van der Waals surface area contributed by atoms with Gasteiger partial charge < -0.3 is 19.9 Å². The van der Waals surface area contributed by atoms with Gasteiger partial charge in [0.25, 0.3) is 0 Å². The van der Waals surface area contributed by atoms with Crippen LogP contribution in [-0.4, -0.2) is 60.1 Å². The summed E-state index contributed by atoms with van der Waals surface area (Å²) in [5.41, 5.74) is 4.48. The third-order valence-corrected chi connectivity index (χ3v) is 7.07. The summed E-state index contributed by atoms with van der Waals surface area (Å²) >= 11 is 0. The Morgan fingerprint density at radius 1 is 1.06 bits per heavy atom. The van der Waals surface area contributed by atoms with Crippen molar-refractivity contribution in [1.82, 2.24) is 20.1 Å². The molecular weight excluding hydrogens is 428 g/mol. The van der Waals surface area contributed by atoms with Crippen molar-refractivity contribution in [2.75, 3.05) is 49.2 Å². The average Bonchev–Trinajstić information content (AvgIpc) is 3.24. The molecule has 180 valence electrons. The Balaban J connectivity index is 1.16. The van der Waals surface area contributed by atoms with E-state index in [0.29, 0.717) is 6.54 Å². The first-order chi connectivity index (χ1) is 16.6. The molecule has 5 rings (SSSR count). The van der Waals surface area contributed by atoms with Crippen molar-refractivity contribution in [3.05, 3.63) is 47.8 Å². The van der Waals surface area contributed by atoms with E-state index in [1.54, 1.807) is 0 Å². The number of carbonyl (C=O) groups excluding carboxylic acids is 1. The van der Waals surface area contributed by atoms with E-state index < -0.39 is 0 Å². The number of carbonyl (C=O) groups is 1. The minimum absolute atomic E-state index is 0.0425. The van der Waals surface area contributed by atoms with Crippen LogP contribution < -0.4 is 15.1 Å². The lowest BCUT2D eigenvalue weighted by Crippen LogP contribution is -2.40. The lowest BCUT2D eigenvalue weighted by Gasteiger charge is -2.32. The Kier molecular flexibility index (Phi) is 6.67. The molecule has 0 spiro atoms. The van der Waals surface area contributed by atoms with Crippen LogP contribution in [-0.2, 0) is 22.6 Å². The number of hydrogen-bond donors (Lipinski definition) is 1. The van der Waals surface area contributed by atoms with E-state index in [0.717, 1.165) is 86.8 Å². The van der Waals surface area contributed by atoms with Crippen LogP contribution in [0.25, 0.3) is 10.9 Å². The fraction of sp³-hybridized carbons (Fsp3) is 0.500. The third kappa shape index (κ3) is 4.59. The molecule has 0 aliphatic carbocycles. The number of nitrogens with zero attached hydrogens (tertiary/aromatic N) is 5. The highest BCUT2D eigenvalue weighted by molar-refractivity contribution is 5.91. The van der Waals surface area contributed by atoms with Crippen LogP contribution in [0.3, 0.4) is 0 Å². The first-order valence-corrected chi connectivity index (χ1v) is 12.4. The van der Waals surface area contributed by atoms with Crippen molar-refractivity contribution in [3.8, 4) is 0 Å². The van der Waals surface area contributed by atoms with Crippen LogP contribution in [0.4, 0.5) is 11.5 Å². The fourth-order valence-corrected chi connectivity index (χ4v) is 5.07. The first-order valence-electron chi connectivity index (χ1n) is 12.4. The minimum Gasteiger partial charge on any atom is -0.378 e. The number of hydrogen-bond acceptors (Lipinski definition) is 6. The normalized spacial score (nSPS) is 17.4. The van der Waals surface area contributed by atoms with Gasteiger partial charge in [-0.1, -0.05) is 12.1 Å². The van der Waals surface area contributed by atoms with Gasteiger partial charge in [0.05, 0.1) is 18.9 Å². The Morgan fingerprint density at radius 2 is 1.79 bits per heavy atom. The number of benzene rings is 1. The zero-order valence-corrected chi connectivity index (χ0v) is 20.2. The number of aryl methyl sites for hydroxylation is 2.